The number of benzene rings is 2. The molecule has 2 rings (SSSR count). The summed E-state index contributed by atoms with van der Waals surface area (Å²) in [6.45, 7) is 4.28. The Morgan fingerprint density at radius 3 is 2.47 bits per heavy atom. The van der Waals surface area contributed by atoms with Crippen molar-refractivity contribution in [2.75, 3.05) is 33.8 Å². The molecule has 0 aliphatic rings. The van der Waals surface area contributed by atoms with Crippen LogP contribution in [-0.2, 0) is 17.8 Å². The predicted octanol–water partition coefficient (Wildman–Crippen LogP) is 3.46. The molecular weight excluding hydrogens is 491 g/mol. The Labute approximate surface area is 197 Å². The van der Waals surface area contributed by atoms with Gasteiger partial charge in [0.15, 0.2) is 12.6 Å². The van der Waals surface area contributed by atoms with Crippen molar-refractivity contribution in [2.24, 2.45) is 4.99 Å². The van der Waals surface area contributed by atoms with Crippen molar-refractivity contribution in [2.45, 2.75) is 26.3 Å². The van der Waals surface area contributed by atoms with Crippen LogP contribution in [0.1, 0.15) is 24.5 Å². The van der Waals surface area contributed by atoms with Gasteiger partial charge >= 0.3 is 0 Å². The van der Waals surface area contributed by atoms with Crippen LogP contribution >= 0.6 is 24.0 Å². The van der Waals surface area contributed by atoms with Gasteiger partial charge in [-0.2, -0.15) is 0 Å². The largest absolute Gasteiger partial charge is 0.484 e. The molecule has 0 saturated heterocycles. The number of carbonyl (C=O) groups excluding carboxylic acids is 1. The third-order valence-corrected chi connectivity index (χ3v) is 4.30. The summed E-state index contributed by atoms with van der Waals surface area (Å²) in [6.07, 6.45) is 2.08. The van der Waals surface area contributed by atoms with Crippen LogP contribution in [0.3, 0.4) is 0 Å². The number of hydrogen-bond donors (Lipinski definition) is 2. The van der Waals surface area contributed by atoms with Crippen molar-refractivity contribution in [1.29, 1.82) is 0 Å². The summed E-state index contributed by atoms with van der Waals surface area (Å²) in [7, 11) is 3.43. The van der Waals surface area contributed by atoms with Crippen LogP contribution in [0.4, 0.5) is 0 Å². The van der Waals surface area contributed by atoms with E-state index >= 15 is 0 Å². The zero-order chi connectivity index (χ0) is 20.9. The van der Waals surface area contributed by atoms with E-state index in [0.717, 1.165) is 37.5 Å². The van der Waals surface area contributed by atoms with Crippen molar-refractivity contribution >= 4 is 35.8 Å². The summed E-state index contributed by atoms with van der Waals surface area (Å²) >= 11 is 0. The van der Waals surface area contributed by atoms with E-state index in [1.807, 2.05) is 30.3 Å². The van der Waals surface area contributed by atoms with Gasteiger partial charge in [0, 0.05) is 27.2 Å². The van der Waals surface area contributed by atoms with Crippen molar-refractivity contribution < 1.29 is 9.53 Å². The molecule has 6 nitrogen and oxygen atoms in total. The van der Waals surface area contributed by atoms with Crippen molar-refractivity contribution in [1.82, 2.24) is 15.5 Å². The average molecular weight is 524 g/mol. The number of likely N-dealkylation sites (N-methyl/N-ethyl adjacent to an activating group) is 1. The molecule has 0 heterocycles. The normalized spacial score (nSPS) is 10.7. The minimum absolute atomic E-state index is 0. The van der Waals surface area contributed by atoms with Crippen LogP contribution < -0.4 is 15.4 Å². The van der Waals surface area contributed by atoms with E-state index in [0.29, 0.717) is 12.3 Å². The van der Waals surface area contributed by atoms with Crippen LogP contribution in [0, 0.1) is 0 Å². The standard InChI is InChI=1S/C23H32N4O2.HI/c1-4-24-23(25-15-9-13-19-10-6-5-7-11-19)26-17-20-12-8-14-21(16-20)29-18-22(28)27(2)3;/h5-8,10-12,14,16H,4,9,13,15,17-18H2,1-3H3,(H2,24,25,26);1H. The highest BCUT2D eigenvalue weighted by Crippen LogP contribution is 2.14. The average Bonchev–Trinajstić information content (AvgIpc) is 2.74. The number of rotatable bonds is 10. The van der Waals surface area contributed by atoms with Gasteiger partial charge < -0.3 is 20.3 Å². The summed E-state index contributed by atoms with van der Waals surface area (Å²) in [5.74, 6) is 1.41. The highest BCUT2D eigenvalue weighted by molar-refractivity contribution is 14.0. The van der Waals surface area contributed by atoms with Crippen LogP contribution in [0.25, 0.3) is 0 Å². The lowest BCUT2D eigenvalue weighted by molar-refractivity contribution is -0.130. The minimum atomic E-state index is -0.0671. The van der Waals surface area contributed by atoms with E-state index in [9.17, 15) is 4.79 Å². The third-order valence-electron chi connectivity index (χ3n) is 4.30. The molecule has 0 aliphatic carbocycles. The van der Waals surface area contributed by atoms with Gasteiger partial charge in [-0.25, -0.2) is 4.99 Å². The van der Waals surface area contributed by atoms with Crippen molar-refractivity contribution in [3.63, 3.8) is 0 Å². The van der Waals surface area contributed by atoms with Crippen molar-refractivity contribution in [3.8, 4) is 5.75 Å². The third kappa shape index (κ3) is 9.96. The Morgan fingerprint density at radius 1 is 1.03 bits per heavy atom. The fourth-order valence-corrected chi connectivity index (χ4v) is 2.66. The maximum Gasteiger partial charge on any atom is 0.259 e. The molecule has 2 aromatic carbocycles. The van der Waals surface area contributed by atoms with Crippen LogP contribution in [0.5, 0.6) is 5.75 Å². The number of ether oxygens (including phenoxy) is 1. The van der Waals surface area contributed by atoms with Gasteiger partial charge in [0.25, 0.3) is 5.91 Å². The molecule has 0 aliphatic heterocycles. The van der Waals surface area contributed by atoms with Gasteiger partial charge in [0.05, 0.1) is 6.54 Å². The first-order chi connectivity index (χ1) is 14.1. The highest BCUT2D eigenvalue weighted by Gasteiger charge is 2.05. The summed E-state index contributed by atoms with van der Waals surface area (Å²) < 4.78 is 5.57. The molecule has 7 heteroatoms. The molecule has 0 atom stereocenters. The number of carbonyl (C=O) groups is 1. The van der Waals surface area contributed by atoms with Gasteiger partial charge in [-0.3, -0.25) is 4.79 Å². The molecule has 0 spiro atoms. The Hall–Kier alpha value is -2.29. The molecule has 0 bridgehead atoms. The van der Waals surface area contributed by atoms with Crippen LogP contribution in [0.2, 0.25) is 0 Å². The zero-order valence-corrected chi connectivity index (χ0v) is 20.4. The first-order valence-corrected chi connectivity index (χ1v) is 10.1. The van der Waals surface area contributed by atoms with E-state index in [1.54, 1.807) is 14.1 Å². The molecule has 2 aromatic rings. The summed E-state index contributed by atoms with van der Waals surface area (Å²) in [6, 6.07) is 18.2. The maximum absolute atomic E-state index is 11.7. The Balaban J connectivity index is 0.00000450. The molecule has 0 radical (unpaired) electrons. The summed E-state index contributed by atoms with van der Waals surface area (Å²) in [5, 5.41) is 6.66. The lowest BCUT2D eigenvalue weighted by Gasteiger charge is -2.12. The summed E-state index contributed by atoms with van der Waals surface area (Å²) in [4.78, 5) is 17.8. The number of aryl methyl sites for hydroxylation is 1. The molecule has 0 unspecified atom stereocenters. The second kappa shape index (κ2) is 14.7. The fraction of sp³-hybridized carbons (Fsp3) is 0.391. The molecule has 0 fully saturated rings. The Bertz CT molecular complexity index is 782. The van der Waals surface area contributed by atoms with Gasteiger partial charge in [0.2, 0.25) is 0 Å². The highest BCUT2D eigenvalue weighted by atomic mass is 127. The first kappa shape index (κ1) is 25.7. The number of hydrogen-bond acceptors (Lipinski definition) is 3. The molecule has 0 saturated carbocycles. The number of aliphatic imine (C=N–C) groups is 1. The van der Waals surface area contributed by atoms with Gasteiger partial charge in [0.1, 0.15) is 5.75 Å². The van der Waals surface area contributed by atoms with Crippen molar-refractivity contribution in [3.05, 3.63) is 65.7 Å². The van der Waals surface area contributed by atoms with E-state index < -0.39 is 0 Å². The van der Waals surface area contributed by atoms with E-state index in [-0.39, 0.29) is 36.5 Å². The van der Waals surface area contributed by atoms with E-state index in [4.69, 9.17) is 4.74 Å². The number of amides is 1. The topological polar surface area (TPSA) is 66.0 Å². The smallest absolute Gasteiger partial charge is 0.259 e. The van der Waals surface area contributed by atoms with Crippen LogP contribution in [-0.4, -0.2) is 50.6 Å². The minimum Gasteiger partial charge on any atom is -0.484 e. The van der Waals surface area contributed by atoms with Crippen LogP contribution in [0.15, 0.2) is 59.6 Å². The number of halogens is 1. The zero-order valence-electron chi connectivity index (χ0n) is 18.1. The van der Waals surface area contributed by atoms with E-state index in [2.05, 4.69) is 46.8 Å². The Kier molecular flexibility index (Phi) is 12.6. The quantitative estimate of drug-likeness (QED) is 0.216. The number of nitrogens with one attached hydrogen (secondary N) is 2. The number of guanidine groups is 1. The lowest BCUT2D eigenvalue weighted by atomic mass is 10.1. The van der Waals surface area contributed by atoms with Gasteiger partial charge in [-0.15, -0.1) is 24.0 Å². The SMILES string of the molecule is CCNC(=NCc1cccc(OCC(=O)N(C)C)c1)NCCCc1ccccc1.I. The maximum atomic E-state index is 11.7. The monoisotopic (exact) mass is 524 g/mol. The number of nitrogens with zero attached hydrogens (tertiary/aromatic N) is 2. The van der Waals surface area contributed by atoms with Gasteiger partial charge in [-0.1, -0.05) is 42.5 Å². The fourth-order valence-electron chi connectivity index (χ4n) is 2.66. The predicted molar refractivity (Wildman–Crippen MR) is 134 cm³/mol. The molecular formula is C23H33IN4O2. The molecule has 1 amide bonds. The lowest BCUT2D eigenvalue weighted by Crippen LogP contribution is -2.37. The molecule has 2 N–H and O–H groups in total. The molecule has 0 aromatic heterocycles. The Morgan fingerprint density at radius 2 is 1.77 bits per heavy atom. The van der Waals surface area contributed by atoms with E-state index in [1.165, 1.54) is 10.5 Å². The van der Waals surface area contributed by atoms with Gasteiger partial charge in [-0.05, 0) is 43.0 Å². The summed E-state index contributed by atoms with van der Waals surface area (Å²) in [5.41, 5.74) is 2.38. The molecule has 30 heavy (non-hydrogen) atoms. The second-order valence-electron chi connectivity index (χ2n) is 6.94. The second-order valence-corrected chi connectivity index (χ2v) is 6.94. The first-order valence-electron chi connectivity index (χ1n) is 10.1. The molecule has 164 valence electrons.